The molecule has 1 N–H and O–H groups in total. The molecule has 1 aromatic heterocycles. The number of benzene rings is 1. The summed E-state index contributed by atoms with van der Waals surface area (Å²) in [5.41, 5.74) is 1.05. The molecule has 1 amide bonds. The van der Waals surface area contributed by atoms with Crippen molar-refractivity contribution in [2.75, 3.05) is 5.32 Å². The lowest BCUT2D eigenvalue weighted by Gasteiger charge is -2.05. The number of aromatic nitrogens is 2. The number of non-ortho nitro benzene ring substituents is 1. The van der Waals surface area contributed by atoms with Crippen LogP contribution in [0, 0.1) is 17.0 Å². The Kier molecular flexibility index (Phi) is 5.33. The number of hydrogen-bond donors (Lipinski definition) is 1. The van der Waals surface area contributed by atoms with Crippen molar-refractivity contribution in [3.05, 3.63) is 50.8 Å². The second kappa shape index (κ2) is 7.23. The molecule has 2 aromatic rings. The summed E-state index contributed by atoms with van der Waals surface area (Å²) in [5.74, 6) is -0.434. The van der Waals surface area contributed by atoms with Gasteiger partial charge in [0.15, 0.2) is 0 Å². The van der Waals surface area contributed by atoms with Crippen LogP contribution in [0.4, 0.5) is 11.4 Å². The first kappa shape index (κ1) is 17.0. The first-order chi connectivity index (χ1) is 10.9. The highest BCUT2D eigenvalue weighted by atomic mass is 35.5. The van der Waals surface area contributed by atoms with Gasteiger partial charge in [-0.1, -0.05) is 31.0 Å². The maximum atomic E-state index is 12.4. The van der Waals surface area contributed by atoms with Crippen molar-refractivity contribution in [1.29, 1.82) is 0 Å². The lowest BCUT2D eigenvalue weighted by Crippen LogP contribution is -2.13. The Hall–Kier alpha value is -2.41. The molecule has 0 aliphatic rings. The number of nitrogens with one attached hydrogen (secondary N) is 1. The highest BCUT2D eigenvalue weighted by Crippen LogP contribution is 2.23. The van der Waals surface area contributed by atoms with Crippen molar-refractivity contribution in [3.63, 3.8) is 0 Å². The third-order valence-corrected chi connectivity index (χ3v) is 3.71. The number of aryl methyl sites for hydroxylation is 2. The van der Waals surface area contributed by atoms with Gasteiger partial charge in [-0.3, -0.25) is 19.6 Å². The van der Waals surface area contributed by atoms with Gasteiger partial charge in [-0.15, -0.1) is 0 Å². The minimum Gasteiger partial charge on any atom is -0.322 e. The molecule has 1 aromatic carbocycles. The standard InChI is InChI=1S/C15H17ClN4O3/c1-3-4-8-19-14(16)13(10(2)18-19)15(21)17-11-6-5-7-12(9-11)20(22)23/h5-7,9H,3-4,8H2,1-2H3,(H,17,21). The normalized spacial score (nSPS) is 10.6. The Bertz CT molecular complexity index is 742. The number of nitro groups is 1. The Morgan fingerprint density at radius 2 is 2.22 bits per heavy atom. The lowest BCUT2D eigenvalue weighted by molar-refractivity contribution is -0.384. The second-order valence-corrected chi connectivity index (χ2v) is 5.45. The number of amides is 1. The van der Waals surface area contributed by atoms with E-state index in [9.17, 15) is 14.9 Å². The molecule has 0 fully saturated rings. The van der Waals surface area contributed by atoms with Crippen molar-refractivity contribution < 1.29 is 9.72 Å². The lowest BCUT2D eigenvalue weighted by atomic mass is 10.2. The number of carbonyl (C=O) groups is 1. The Morgan fingerprint density at radius 3 is 2.87 bits per heavy atom. The van der Waals surface area contributed by atoms with Crippen LogP contribution >= 0.6 is 11.6 Å². The molecule has 0 saturated carbocycles. The molecule has 0 bridgehead atoms. The van der Waals surface area contributed by atoms with E-state index in [0.29, 0.717) is 17.9 Å². The molecule has 2 rings (SSSR count). The number of halogens is 1. The fraction of sp³-hybridized carbons (Fsp3) is 0.333. The van der Waals surface area contributed by atoms with E-state index < -0.39 is 10.8 Å². The summed E-state index contributed by atoms with van der Waals surface area (Å²) in [6, 6.07) is 5.74. The van der Waals surface area contributed by atoms with E-state index in [0.717, 1.165) is 12.8 Å². The largest absolute Gasteiger partial charge is 0.322 e. The predicted octanol–water partition coefficient (Wildman–Crippen LogP) is 3.81. The van der Waals surface area contributed by atoms with Gasteiger partial charge in [0.05, 0.1) is 16.2 Å². The van der Waals surface area contributed by atoms with Gasteiger partial charge >= 0.3 is 0 Å². The maximum absolute atomic E-state index is 12.4. The number of rotatable bonds is 6. The number of nitro benzene ring substituents is 1. The molecular formula is C15H17ClN4O3. The van der Waals surface area contributed by atoms with Crippen LogP contribution in [0.25, 0.3) is 0 Å². The van der Waals surface area contributed by atoms with Crippen LogP contribution in [-0.4, -0.2) is 20.6 Å². The smallest absolute Gasteiger partial charge is 0.271 e. The van der Waals surface area contributed by atoms with E-state index in [1.807, 2.05) is 0 Å². The summed E-state index contributed by atoms with van der Waals surface area (Å²) in [7, 11) is 0. The average molecular weight is 337 g/mol. The molecule has 1 heterocycles. The molecular weight excluding hydrogens is 320 g/mol. The molecule has 0 saturated heterocycles. The molecule has 0 aliphatic heterocycles. The van der Waals surface area contributed by atoms with Crippen molar-refractivity contribution in [1.82, 2.24) is 9.78 Å². The van der Waals surface area contributed by atoms with Crippen LogP contribution in [0.2, 0.25) is 5.15 Å². The van der Waals surface area contributed by atoms with Gasteiger partial charge in [0, 0.05) is 24.4 Å². The van der Waals surface area contributed by atoms with Gasteiger partial charge in [-0.2, -0.15) is 5.10 Å². The number of hydrogen-bond acceptors (Lipinski definition) is 4. The summed E-state index contributed by atoms with van der Waals surface area (Å²) in [6.45, 7) is 4.40. The molecule has 8 heteroatoms. The maximum Gasteiger partial charge on any atom is 0.271 e. The van der Waals surface area contributed by atoms with E-state index >= 15 is 0 Å². The van der Waals surface area contributed by atoms with Crippen molar-refractivity contribution in [2.45, 2.75) is 33.2 Å². The summed E-state index contributed by atoms with van der Waals surface area (Å²) in [6.07, 6.45) is 1.90. The molecule has 0 unspecified atom stereocenters. The third-order valence-electron chi connectivity index (χ3n) is 3.33. The van der Waals surface area contributed by atoms with Crippen molar-refractivity contribution >= 4 is 28.9 Å². The van der Waals surface area contributed by atoms with Crippen molar-refractivity contribution in [2.24, 2.45) is 0 Å². The summed E-state index contributed by atoms with van der Waals surface area (Å²) in [5, 5.41) is 18.0. The number of nitrogens with zero attached hydrogens (tertiary/aromatic N) is 3. The van der Waals surface area contributed by atoms with E-state index in [1.165, 1.54) is 18.2 Å². The molecule has 0 aliphatic carbocycles. The van der Waals surface area contributed by atoms with Gasteiger partial charge < -0.3 is 5.32 Å². The van der Waals surface area contributed by atoms with E-state index in [-0.39, 0.29) is 16.4 Å². The Balaban J connectivity index is 2.22. The van der Waals surface area contributed by atoms with Gasteiger partial charge in [-0.05, 0) is 19.4 Å². The van der Waals surface area contributed by atoms with Gasteiger partial charge in [0.2, 0.25) is 0 Å². The number of carbonyl (C=O) groups excluding carboxylic acids is 1. The monoisotopic (exact) mass is 336 g/mol. The molecule has 0 radical (unpaired) electrons. The fourth-order valence-electron chi connectivity index (χ4n) is 2.16. The topological polar surface area (TPSA) is 90.1 Å². The quantitative estimate of drug-likeness (QED) is 0.641. The van der Waals surface area contributed by atoms with Gasteiger partial charge in [-0.25, -0.2) is 0 Å². The first-order valence-electron chi connectivity index (χ1n) is 7.22. The van der Waals surface area contributed by atoms with Crippen LogP contribution in [0.3, 0.4) is 0 Å². The zero-order valence-electron chi connectivity index (χ0n) is 12.9. The van der Waals surface area contributed by atoms with Crippen molar-refractivity contribution in [3.8, 4) is 0 Å². The molecule has 0 spiro atoms. The summed E-state index contributed by atoms with van der Waals surface area (Å²) < 4.78 is 1.60. The molecule has 0 atom stereocenters. The van der Waals surface area contributed by atoms with Crippen LogP contribution in [0.15, 0.2) is 24.3 Å². The summed E-state index contributed by atoms with van der Waals surface area (Å²) >= 11 is 6.24. The molecule has 23 heavy (non-hydrogen) atoms. The van der Waals surface area contributed by atoms with Gasteiger partial charge in [0.1, 0.15) is 5.15 Å². The number of anilines is 1. The fourth-order valence-corrected chi connectivity index (χ4v) is 2.50. The van der Waals surface area contributed by atoms with Crippen LogP contribution in [0.1, 0.15) is 35.8 Å². The van der Waals surface area contributed by atoms with Gasteiger partial charge in [0.25, 0.3) is 11.6 Å². The Labute approximate surface area is 138 Å². The SMILES string of the molecule is CCCCn1nc(C)c(C(=O)Nc2cccc([N+](=O)[O-])c2)c1Cl. The first-order valence-corrected chi connectivity index (χ1v) is 7.60. The van der Waals surface area contributed by atoms with Crippen LogP contribution < -0.4 is 5.32 Å². The van der Waals surface area contributed by atoms with Crippen LogP contribution in [0.5, 0.6) is 0 Å². The second-order valence-electron chi connectivity index (χ2n) is 5.09. The van der Waals surface area contributed by atoms with E-state index in [4.69, 9.17) is 11.6 Å². The molecule has 122 valence electrons. The Morgan fingerprint density at radius 1 is 1.48 bits per heavy atom. The molecule has 7 nitrogen and oxygen atoms in total. The highest BCUT2D eigenvalue weighted by Gasteiger charge is 2.20. The average Bonchev–Trinajstić information content (AvgIpc) is 2.79. The minimum atomic E-state index is -0.517. The zero-order chi connectivity index (χ0) is 17.0. The van der Waals surface area contributed by atoms with E-state index in [2.05, 4.69) is 17.3 Å². The van der Waals surface area contributed by atoms with Crippen LogP contribution in [-0.2, 0) is 6.54 Å². The summed E-state index contributed by atoms with van der Waals surface area (Å²) in [4.78, 5) is 22.7. The number of unbranched alkanes of at least 4 members (excludes halogenated alkanes) is 1. The third kappa shape index (κ3) is 3.87. The minimum absolute atomic E-state index is 0.0933. The highest BCUT2D eigenvalue weighted by molar-refractivity contribution is 6.33. The predicted molar refractivity (Wildman–Crippen MR) is 87.9 cm³/mol. The zero-order valence-corrected chi connectivity index (χ0v) is 13.6. The van der Waals surface area contributed by atoms with E-state index in [1.54, 1.807) is 17.7 Å².